The van der Waals surface area contributed by atoms with Gasteiger partial charge in [0.1, 0.15) is 5.54 Å². The summed E-state index contributed by atoms with van der Waals surface area (Å²) < 4.78 is 0.358. The van der Waals surface area contributed by atoms with Crippen LogP contribution < -0.4 is 10.2 Å². The number of nitro groups is 1. The van der Waals surface area contributed by atoms with Crippen molar-refractivity contribution in [3.8, 4) is 0 Å². The zero-order valence-corrected chi connectivity index (χ0v) is 17.5. The predicted octanol–water partition coefficient (Wildman–Crippen LogP) is 2.06. The molecule has 4 atom stereocenters. The Hall–Kier alpha value is -3.35. The number of imide groups is 1. The number of thiophene rings is 1. The summed E-state index contributed by atoms with van der Waals surface area (Å²) in [6.45, 7) is 0. The lowest BCUT2D eigenvalue weighted by Crippen LogP contribution is -2.57. The van der Waals surface area contributed by atoms with E-state index >= 15 is 0 Å². The Morgan fingerprint density at radius 2 is 1.94 bits per heavy atom. The summed E-state index contributed by atoms with van der Waals surface area (Å²) in [6, 6.07) is 6.92. The van der Waals surface area contributed by atoms with Crippen molar-refractivity contribution in [2.45, 2.75) is 18.0 Å². The molecule has 2 fully saturated rings. The molecule has 1 aromatic heterocycles. The third-order valence-corrected chi connectivity index (χ3v) is 6.98. The Balaban J connectivity index is 1.87. The van der Waals surface area contributed by atoms with Gasteiger partial charge in [0.2, 0.25) is 11.8 Å². The maximum absolute atomic E-state index is 13.4. The standard InChI is InChI=1S/C19H14ClN3O8S/c20-11-5-4-10(32-11)15-13-14(19(21-15,18(28)29)7-12(24)25)17(27)22(16(13)26)8-2-1-3-9(6-8)23(30)31/h1-6,13-15,21H,7H2,(H,24,25)(H,28,29). The number of rotatable bonds is 6. The molecule has 0 saturated carbocycles. The minimum atomic E-state index is -2.26. The number of carboxylic acid groups (broad SMARTS) is 2. The van der Waals surface area contributed by atoms with Crippen LogP contribution in [0.5, 0.6) is 0 Å². The molecule has 2 aliphatic rings. The van der Waals surface area contributed by atoms with Crippen molar-refractivity contribution in [2.24, 2.45) is 11.8 Å². The molecule has 2 aliphatic heterocycles. The Morgan fingerprint density at radius 3 is 2.50 bits per heavy atom. The molecule has 13 heteroatoms. The van der Waals surface area contributed by atoms with Crippen LogP contribution in [-0.4, -0.2) is 44.4 Å². The number of nitrogens with one attached hydrogen (secondary N) is 1. The van der Waals surface area contributed by atoms with E-state index in [1.165, 1.54) is 24.3 Å². The van der Waals surface area contributed by atoms with Gasteiger partial charge in [0.05, 0.1) is 39.2 Å². The monoisotopic (exact) mass is 479 g/mol. The molecule has 2 aromatic rings. The van der Waals surface area contributed by atoms with E-state index in [1.807, 2.05) is 0 Å². The van der Waals surface area contributed by atoms with E-state index in [9.17, 15) is 39.5 Å². The largest absolute Gasteiger partial charge is 0.481 e. The summed E-state index contributed by atoms with van der Waals surface area (Å²) in [5.41, 5.74) is -2.73. The van der Waals surface area contributed by atoms with Gasteiger partial charge in [-0.15, -0.1) is 11.3 Å². The van der Waals surface area contributed by atoms with Gasteiger partial charge in [-0.3, -0.25) is 34.6 Å². The quantitative estimate of drug-likeness (QED) is 0.319. The Labute approximate surface area is 188 Å². The van der Waals surface area contributed by atoms with Gasteiger partial charge in [-0.1, -0.05) is 17.7 Å². The number of halogens is 1. The molecule has 3 heterocycles. The lowest BCUT2D eigenvalue weighted by atomic mass is 9.78. The second kappa shape index (κ2) is 7.65. The molecule has 2 saturated heterocycles. The zero-order chi connectivity index (χ0) is 23.4. The Bertz CT molecular complexity index is 1180. The minimum Gasteiger partial charge on any atom is -0.481 e. The molecule has 32 heavy (non-hydrogen) atoms. The van der Waals surface area contributed by atoms with Gasteiger partial charge >= 0.3 is 11.9 Å². The molecule has 166 valence electrons. The number of hydrogen-bond donors (Lipinski definition) is 3. The number of aliphatic carboxylic acids is 2. The van der Waals surface area contributed by atoms with Crippen LogP contribution in [0.2, 0.25) is 4.34 Å². The number of anilines is 1. The summed E-state index contributed by atoms with van der Waals surface area (Å²) in [5.74, 6) is -7.59. The van der Waals surface area contributed by atoms with Crippen molar-refractivity contribution >= 4 is 58.1 Å². The number of non-ortho nitro benzene ring substituents is 1. The molecule has 0 aliphatic carbocycles. The van der Waals surface area contributed by atoms with E-state index in [-0.39, 0.29) is 11.4 Å². The molecule has 11 nitrogen and oxygen atoms in total. The van der Waals surface area contributed by atoms with Crippen molar-refractivity contribution in [3.63, 3.8) is 0 Å². The van der Waals surface area contributed by atoms with Gasteiger partial charge in [-0.05, 0) is 18.2 Å². The SMILES string of the molecule is O=C(O)CC1(C(=O)O)NC(c2ccc(Cl)s2)C2C(=O)N(c3cccc([N+](=O)[O-])c3)C(=O)C21. The highest BCUT2D eigenvalue weighted by Gasteiger charge is 2.69. The topological polar surface area (TPSA) is 167 Å². The molecule has 0 bridgehead atoms. The Morgan fingerprint density at radius 1 is 1.22 bits per heavy atom. The number of fused-ring (bicyclic) bond motifs is 1. The average molecular weight is 480 g/mol. The fourth-order valence-corrected chi connectivity index (χ4v) is 5.58. The van der Waals surface area contributed by atoms with E-state index in [0.29, 0.717) is 14.1 Å². The fraction of sp³-hybridized carbons (Fsp3) is 0.263. The van der Waals surface area contributed by atoms with E-state index in [2.05, 4.69) is 5.32 Å². The van der Waals surface area contributed by atoms with Crippen molar-refractivity contribution in [2.75, 3.05) is 4.90 Å². The first-order chi connectivity index (χ1) is 15.1. The number of hydrogen-bond acceptors (Lipinski definition) is 8. The molecular weight excluding hydrogens is 466 g/mol. The number of nitrogens with zero attached hydrogens (tertiary/aromatic N) is 2. The van der Waals surface area contributed by atoms with Gasteiger partial charge < -0.3 is 10.2 Å². The van der Waals surface area contributed by atoms with Crippen molar-refractivity contribution in [1.29, 1.82) is 0 Å². The van der Waals surface area contributed by atoms with Crippen molar-refractivity contribution < 1.29 is 34.3 Å². The van der Waals surface area contributed by atoms with Crippen molar-refractivity contribution in [3.05, 3.63) is 55.7 Å². The summed E-state index contributed by atoms with van der Waals surface area (Å²) in [4.78, 5) is 62.2. The number of benzene rings is 1. The molecule has 4 unspecified atom stereocenters. The average Bonchev–Trinajstić information content (AvgIpc) is 3.36. The van der Waals surface area contributed by atoms with Crippen LogP contribution in [0.1, 0.15) is 17.3 Å². The maximum Gasteiger partial charge on any atom is 0.325 e. The van der Waals surface area contributed by atoms with Gasteiger partial charge in [0.25, 0.3) is 5.69 Å². The van der Waals surface area contributed by atoms with E-state index < -0.39 is 58.5 Å². The summed E-state index contributed by atoms with van der Waals surface area (Å²) in [7, 11) is 0. The lowest BCUT2D eigenvalue weighted by molar-refractivity contribution is -0.384. The highest BCUT2D eigenvalue weighted by molar-refractivity contribution is 7.16. The predicted molar refractivity (Wildman–Crippen MR) is 110 cm³/mol. The van der Waals surface area contributed by atoms with E-state index in [0.717, 1.165) is 17.4 Å². The van der Waals surface area contributed by atoms with Gasteiger partial charge in [0, 0.05) is 17.0 Å². The molecule has 3 N–H and O–H groups in total. The molecule has 0 radical (unpaired) electrons. The first-order valence-corrected chi connectivity index (χ1v) is 10.4. The maximum atomic E-state index is 13.4. The van der Waals surface area contributed by atoms with Crippen LogP contribution in [0.3, 0.4) is 0 Å². The van der Waals surface area contributed by atoms with Crippen LogP contribution >= 0.6 is 22.9 Å². The normalized spacial score (nSPS) is 26.9. The minimum absolute atomic E-state index is 0.0961. The van der Waals surface area contributed by atoms with E-state index in [4.69, 9.17) is 11.6 Å². The third kappa shape index (κ3) is 3.23. The van der Waals surface area contributed by atoms with Crippen molar-refractivity contribution in [1.82, 2.24) is 5.32 Å². The Kier molecular flexibility index (Phi) is 5.23. The number of carbonyl (C=O) groups is 4. The lowest BCUT2D eigenvalue weighted by Gasteiger charge is -2.29. The number of carboxylic acids is 2. The fourth-order valence-electron chi connectivity index (χ4n) is 4.42. The van der Waals surface area contributed by atoms with Crippen LogP contribution in [-0.2, 0) is 19.2 Å². The zero-order valence-electron chi connectivity index (χ0n) is 15.9. The van der Waals surface area contributed by atoms with Crippen LogP contribution in [0, 0.1) is 22.0 Å². The highest BCUT2D eigenvalue weighted by Crippen LogP contribution is 2.52. The van der Waals surface area contributed by atoms with Gasteiger partial charge in [-0.25, -0.2) is 4.90 Å². The second-order valence-electron chi connectivity index (χ2n) is 7.40. The number of nitro benzene ring substituents is 1. The van der Waals surface area contributed by atoms with Gasteiger partial charge in [-0.2, -0.15) is 0 Å². The third-order valence-electron chi connectivity index (χ3n) is 5.67. The molecule has 1 aromatic carbocycles. The van der Waals surface area contributed by atoms with Crippen LogP contribution in [0.15, 0.2) is 36.4 Å². The first kappa shape index (κ1) is 21.9. The number of amides is 2. The summed E-state index contributed by atoms with van der Waals surface area (Å²) >= 11 is 7.05. The molecular formula is C19H14ClN3O8S. The summed E-state index contributed by atoms with van der Waals surface area (Å²) in [5, 5.41) is 33.2. The van der Waals surface area contributed by atoms with Crippen LogP contribution in [0.25, 0.3) is 0 Å². The molecule has 2 amide bonds. The highest BCUT2D eigenvalue weighted by atomic mass is 35.5. The van der Waals surface area contributed by atoms with E-state index in [1.54, 1.807) is 6.07 Å². The summed E-state index contributed by atoms with van der Waals surface area (Å²) in [6.07, 6.45) is -0.957. The smallest absolute Gasteiger partial charge is 0.325 e. The van der Waals surface area contributed by atoms with Crippen LogP contribution in [0.4, 0.5) is 11.4 Å². The van der Waals surface area contributed by atoms with Gasteiger partial charge in [0.15, 0.2) is 0 Å². The number of carbonyl (C=O) groups excluding carboxylic acids is 2. The first-order valence-electron chi connectivity index (χ1n) is 9.17. The molecule has 0 spiro atoms. The molecule has 4 rings (SSSR count). The second-order valence-corrected chi connectivity index (χ2v) is 9.15.